The van der Waals surface area contributed by atoms with Crippen LogP contribution in [0.4, 0.5) is 0 Å². The smallest absolute Gasteiger partial charge is 0.0618 e. The molecule has 0 aliphatic rings. The highest BCUT2D eigenvalue weighted by Crippen LogP contribution is 2.04. The molecule has 0 fully saturated rings. The number of aliphatic hydroxyl groups excluding tert-OH is 1. The predicted molar refractivity (Wildman–Crippen MR) is 42.0 cm³/mol. The van der Waals surface area contributed by atoms with Crippen LogP contribution in [0.15, 0.2) is 0 Å². The average molecular weight is 142 g/mol. The fraction of sp³-hybridized carbons (Fsp3) is 0.714. The van der Waals surface area contributed by atoms with Crippen molar-refractivity contribution in [2.24, 2.45) is 5.92 Å². The zero-order chi connectivity index (χ0) is 7.98. The van der Waals surface area contributed by atoms with Crippen LogP contribution < -0.4 is 0 Å². The molecule has 0 aliphatic carbocycles. The monoisotopic (exact) mass is 142 g/mol. The third-order valence-corrected chi connectivity index (χ3v) is 1.48. The van der Waals surface area contributed by atoms with Crippen LogP contribution in [0, 0.1) is 16.7 Å². The van der Waals surface area contributed by atoms with E-state index in [1.165, 1.54) is 12.4 Å². The van der Waals surface area contributed by atoms with Crippen molar-refractivity contribution in [2.45, 2.75) is 25.9 Å². The van der Waals surface area contributed by atoms with Crippen LogP contribution in [-0.2, 0) is 0 Å². The lowest BCUT2D eigenvalue weighted by Crippen LogP contribution is -2.18. The van der Waals surface area contributed by atoms with Crippen LogP contribution in [0.2, 0.25) is 0 Å². The molecule has 0 aromatic heterocycles. The molecule has 0 aromatic rings. The standard InChI is InChI=1S/C7H14N2O/c1-6(5-9)7(10)3-2-4-8/h4-10H,2-3H2,1H3. The molecule has 0 spiro atoms. The first-order valence-electron chi connectivity index (χ1n) is 3.40. The van der Waals surface area contributed by atoms with Crippen molar-refractivity contribution in [1.82, 2.24) is 0 Å². The molecule has 10 heavy (non-hydrogen) atoms. The summed E-state index contributed by atoms with van der Waals surface area (Å²) in [6.45, 7) is 1.79. The molecule has 0 heterocycles. The van der Waals surface area contributed by atoms with E-state index in [1.807, 2.05) is 0 Å². The van der Waals surface area contributed by atoms with E-state index in [-0.39, 0.29) is 5.92 Å². The normalized spacial score (nSPS) is 15.8. The van der Waals surface area contributed by atoms with Crippen LogP contribution in [0.5, 0.6) is 0 Å². The molecule has 0 rings (SSSR count). The Bertz CT molecular complexity index is 114. The van der Waals surface area contributed by atoms with Gasteiger partial charge in [0.2, 0.25) is 0 Å². The van der Waals surface area contributed by atoms with E-state index in [0.717, 1.165) is 0 Å². The molecule has 0 radical (unpaired) electrons. The lowest BCUT2D eigenvalue weighted by Gasteiger charge is -2.11. The van der Waals surface area contributed by atoms with Gasteiger partial charge in [-0.05, 0) is 19.1 Å². The van der Waals surface area contributed by atoms with Crippen LogP contribution in [-0.4, -0.2) is 23.6 Å². The fourth-order valence-electron chi connectivity index (χ4n) is 0.628. The Balaban J connectivity index is 3.49. The van der Waals surface area contributed by atoms with Crippen molar-refractivity contribution in [1.29, 1.82) is 10.8 Å². The topological polar surface area (TPSA) is 67.9 Å². The number of aliphatic hydroxyl groups is 1. The molecule has 2 unspecified atom stereocenters. The van der Waals surface area contributed by atoms with Gasteiger partial charge in [0.15, 0.2) is 0 Å². The maximum absolute atomic E-state index is 9.19. The number of nitrogens with one attached hydrogen (secondary N) is 2. The predicted octanol–water partition coefficient (Wildman–Crippen LogP) is 1.06. The van der Waals surface area contributed by atoms with Crippen LogP contribution >= 0.6 is 0 Å². The van der Waals surface area contributed by atoms with Gasteiger partial charge in [-0.3, -0.25) is 0 Å². The molecule has 0 aliphatic heterocycles. The van der Waals surface area contributed by atoms with Gasteiger partial charge < -0.3 is 15.9 Å². The molecule has 3 heteroatoms. The maximum atomic E-state index is 9.19. The minimum absolute atomic E-state index is 0.0834. The van der Waals surface area contributed by atoms with Crippen LogP contribution in [0.1, 0.15) is 19.8 Å². The third kappa shape index (κ3) is 3.35. The first-order valence-corrected chi connectivity index (χ1v) is 3.40. The zero-order valence-corrected chi connectivity index (χ0v) is 6.17. The van der Waals surface area contributed by atoms with Gasteiger partial charge in [0, 0.05) is 12.1 Å². The van der Waals surface area contributed by atoms with Crippen molar-refractivity contribution in [2.75, 3.05) is 0 Å². The summed E-state index contributed by atoms with van der Waals surface area (Å²) in [7, 11) is 0. The number of rotatable bonds is 5. The summed E-state index contributed by atoms with van der Waals surface area (Å²) in [5.41, 5.74) is 0. The van der Waals surface area contributed by atoms with Crippen molar-refractivity contribution >= 4 is 12.4 Å². The number of hydrogen-bond acceptors (Lipinski definition) is 3. The fourth-order valence-corrected chi connectivity index (χ4v) is 0.628. The first kappa shape index (κ1) is 9.30. The van der Waals surface area contributed by atoms with Gasteiger partial charge in [0.05, 0.1) is 6.10 Å². The van der Waals surface area contributed by atoms with E-state index >= 15 is 0 Å². The van der Waals surface area contributed by atoms with E-state index in [1.54, 1.807) is 6.92 Å². The quantitative estimate of drug-likeness (QED) is 0.494. The Kier molecular flexibility index (Phi) is 4.76. The number of hydrogen-bond donors (Lipinski definition) is 3. The molecular weight excluding hydrogens is 128 g/mol. The Morgan fingerprint density at radius 2 is 2.10 bits per heavy atom. The van der Waals surface area contributed by atoms with Gasteiger partial charge in [-0.25, -0.2) is 0 Å². The zero-order valence-electron chi connectivity index (χ0n) is 6.17. The summed E-state index contributed by atoms with van der Waals surface area (Å²) in [4.78, 5) is 0. The highest BCUT2D eigenvalue weighted by atomic mass is 16.3. The largest absolute Gasteiger partial charge is 0.392 e. The van der Waals surface area contributed by atoms with Crippen molar-refractivity contribution < 1.29 is 5.11 Å². The molecule has 3 nitrogen and oxygen atoms in total. The highest BCUT2D eigenvalue weighted by molar-refractivity contribution is 5.57. The van der Waals surface area contributed by atoms with Gasteiger partial charge in [-0.1, -0.05) is 6.92 Å². The molecule has 3 N–H and O–H groups in total. The summed E-state index contributed by atoms with van der Waals surface area (Å²) in [6, 6.07) is 0. The lowest BCUT2D eigenvalue weighted by molar-refractivity contribution is 0.140. The summed E-state index contributed by atoms with van der Waals surface area (Å²) >= 11 is 0. The highest BCUT2D eigenvalue weighted by Gasteiger charge is 2.09. The molecule has 58 valence electrons. The minimum Gasteiger partial charge on any atom is -0.392 e. The van der Waals surface area contributed by atoms with Gasteiger partial charge >= 0.3 is 0 Å². The Labute approximate surface area is 61.1 Å². The molecule has 0 saturated heterocycles. The van der Waals surface area contributed by atoms with Gasteiger partial charge in [0.1, 0.15) is 0 Å². The SMILES string of the molecule is CC(C=N)C(O)CCC=N. The van der Waals surface area contributed by atoms with E-state index in [9.17, 15) is 5.11 Å². The van der Waals surface area contributed by atoms with E-state index in [2.05, 4.69) is 0 Å². The van der Waals surface area contributed by atoms with E-state index < -0.39 is 6.10 Å². The van der Waals surface area contributed by atoms with Crippen molar-refractivity contribution in [3.05, 3.63) is 0 Å². The van der Waals surface area contributed by atoms with E-state index in [4.69, 9.17) is 10.8 Å². The molecular formula is C7H14N2O. The first-order chi connectivity index (χ1) is 4.72. The Morgan fingerprint density at radius 3 is 2.50 bits per heavy atom. The summed E-state index contributed by atoms with van der Waals surface area (Å²) in [5, 5.41) is 22.7. The maximum Gasteiger partial charge on any atom is 0.0618 e. The van der Waals surface area contributed by atoms with Gasteiger partial charge in [0.25, 0.3) is 0 Å². The second kappa shape index (κ2) is 5.11. The molecule has 0 aromatic carbocycles. The summed E-state index contributed by atoms with van der Waals surface area (Å²) in [5.74, 6) is -0.0834. The molecule has 0 bridgehead atoms. The van der Waals surface area contributed by atoms with Crippen LogP contribution in [0.25, 0.3) is 0 Å². The van der Waals surface area contributed by atoms with Crippen molar-refractivity contribution in [3.63, 3.8) is 0 Å². The molecule has 0 amide bonds. The van der Waals surface area contributed by atoms with Crippen LogP contribution in [0.3, 0.4) is 0 Å². The molecule has 2 atom stereocenters. The van der Waals surface area contributed by atoms with Gasteiger partial charge in [-0.15, -0.1) is 0 Å². The minimum atomic E-state index is -0.459. The average Bonchev–Trinajstić information content (AvgIpc) is 1.98. The second-order valence-corrected chi connectivity index (χ2v) is 2.37. The van der Waals surface area contributed by atoms with Crippen molar-refractivity contribution in [3.8, 4) is 0 Å². The summed E-state index contributed by atoms with van der Waals surface area (Å²) in [6.07, 6.45) is 3.23. The third-order valence-electron chi connectivity index (χ3n) is 1.48. The summed E-state index contributed by atoms with van der Waals surface area (Å²) < 4.78 is 0. The molecule has 0 saturated carbocycles. The van der Waals surface area contributed by atoms with Gasteiger partial charge in [-0.2, -0.15) is 0 Å². The van der Waals surface area contributed by atoms with E-state index in [0.29, 0.717) is 12.8 Å². The Hall–Kier alpha value is -0.700. The lowest BCUT2D eigenvalue weighted by atomic mass is 10.0. The Morgan fingerprint density at radius 1 is 1.50 bits per heavy atom. The second-order valence-electron chi connectivity index (χ2n) is 2.37.